The lowest BCUT2D eigenvalue weighted by Crippen LogP contribution is -2.09. The van der Waals surface area contributed by atoms with Crippen molar-refractivity contribution < 1.29 is 14.6 Å². The Balaban J connectivity index is 2.80. The van der Waals surface area contributed by atoms with Gasteiger partial charge in [0, 0.05) is 6.42 Å². The summed E-state index contributed by atoms with van der Waals surface area (Å²) in [5.41, 5.74) is 2.62. The first-order valence-corrected chi connectivity index (χ1v) is 6.69. The molecule has 106 valence electrons. The maximum Gasteiger partial charge on any atom is 0.303 e. The molecule has 1 N–H and O–H groups in total. The Kier molecular flexibility index (Phi) is 5.40. The molecule has 1 aromatic rings. The highest BCUT2D eigenvalue weighted by Gasteiger charge is 2.13. The maximum atomic E-state index is 10.6. The van der Waals surface area contributed by atoms with Crippen molar-refractivity contribution in [3.05, 3.63) is 29.3 Å². The Labute approximate surface area is 115 Å². The fourth-order valence-corrected chi connectivity index (χ4v) is 2.18. The normalized spacial score (nSPS) is 11.4. The van der Waals surface area contributed by atoms with Crippen LogP contribution in [0.3, 0.4) is 0 Å². The van der Waals surface area contributed by atoms with Gasteiger partial charge in [0.15, 0.2) is 0 Å². The van der Waals surface area contributed by atoms with Crippen molar-refractivity contribution >= 4 is 5.97 Å². The summed E-state index contributed by atoms with van der Waals surface area (Å²) in [6, 6.07) is 6.22. The van der Waals surface area contributed by atoms with Gasteiger partial charge in [-0.3, -0.25) is 4.79 Å². The molecule has 0 atom stereocenters. The van der Waals surface area contributed by atoms with Crippen LogP contribution in [-0.4, -0.2) is 18.2 Å². The number of hydrogen-bond acceptors (Lipinski definition) is 2. The van der Waals surface area contributed by atoms with Gasteiger partial charge in [-0.1, -0.05) is 32.9 Å². The second-order valence-electron chi connectivity index (χ2n) is 6.13. The number of hydrogen-bond donors (Lipinski definition) is 1. The van der Waals surface area contributed by atoms with Crippen LogP contribution >= 0.6 is 0 Å². The fourth-order valence-electron chi connectivity index (χ4n) is 2.18. The minimum Gasteiger partial charge on any atom is -0.496 e. The van der Waals surface area contributed by atoms with Gasteiger partial charge < -0.3 is 9.84 Å². The van der Waals surface area contributed by atoms with E-state index in [1.54, 1.807) is 7.11 Å². The van der Waals surface area contributed by atoms with Crippen LogP contribution in [0.2, 0.25) is 0 Å². The summed E-state index contributed by atoms with van der Waals surface area (Å²) in [7, 11) is 1.65. The van der Waals surface area contributed by atoms with Gasteiger partial charge in [0.2, 0.25) is 0 Å². The quantitative estimate of drug-likeness (QED) is 0.852. The van der Waals surface area contributed by atoms with E-state index in [0.29, 0.717) is 6.42 Å². The van der Waals surface area contributed by atoms with Gasteiger partial charge in [0.05, 0.1) is 7.11 Å². The van der Waals surface area contributed by atoms with Crippen LogP contribution in [0.1, 0.15) is 44.7 Å². The lowest BCUT2D eigenvalue weighted by molar-refractivity contribution is -0.137. The number of carboxylic acids is 1. The Bertz CT molecular complexity index is 430. The second kappa shape index (κ2) is 6.60. The minimum atomic E-state index is -0.746. The lowest BCUT2D eigenvalue weighted by Gasteiger charge is -2.19. The molecule has 0 aliphatic carbocycles. The molecule has 0 aliphatic rings. The summed E-state index contributed by atoms with van der Waals surface area (Å²) < 4.78 is 5.34. The maximum absolute atomic E-state index is 10.6. The van der Waals surface area contributed by atoms with Crippen LogP contribution in [-0.2, 0) is 17.6 Å². The molecular formula is C16H24O3. The standard InChI is InChI=1S/C16H24O3/c1-16(2,3)11-12-8-9-14(19-4)13(10-12)6-5-7-15(17)18/h8-10H,5-7,11H2,1-4H3,(H,17,18). The third-order valence-corrected chi connectivity index (χ3v) is 2.92. The molecule has 19 heavy (non-hydrogen) atoms. The van der Waals surface area contributed by atoms with E-state index in [1.807, 2.05) is 6.07 Å². The summed E-state index contributed by atoms with van der Waals surface area (Å²) in [5.74, 6) is 0.105. The molecule has 3 heteroatoms. The molecule has 0 unspecified atom stereocenters. The van der Waals surface area contributed by atoms with Crippen molar-refractivity contribution in [2.75, 3.05) is 7.11 Å². The average molecular weight is 264 g/mol. The van der Waals surface area contributed by atoms with Gasteiger partial charge in [-0.15, -0.1) is 0 Å². The number of carbonyl (C=O) groups is 1. The fraction of sp³-hybridized carbons (Fsp3) is 0.562. The first kappa shape index (κ1) is 15.5. The predicted octanol–water partition coefficient (Wildman–Crippen LogP) is 3.69. The lowest BCUT2D eigenvalue weighted by atomic mass is 9.87. The van der Waals surface area contributed by atoms with Crippen LogP contribution in [0.15, 0.2) is 18.2 Å². The third-order valence-electron chi connectivity index (χ3n) is 2.92. The molecule has 0 amide bonds. The summed E-state index contributed by atoms with van der Waals surface area (Å²) in [5, 5.41) is 8.69. The molecule has 0 spiro atoms. The first-order valence-electron chi connectivity index (χ1n) is 6.69. The molecular weight excluding hydrogens is 240 g/mol. The van der Waals surface area contributed by atoms with Gasteiger partial charge in [-0.05, 0) is 41.9 Å². The molecule has 0 aliphatic heterocycles. The molecule has 0 saturated heterocycles. The van der Waals surface area contributed by atoms with Crippen molar-refractivity contribution in [1.29, 1.82) is 0 Å². The van der Waals surface area contributed by atoms with Gasteiger partial charge >= 0.3 is 5.97 Å². The van der Waals surface area contributed by atoms with E-state index < -0.39 is 5.97 Å². The predicted molar refractivity (Wildman–Crippen MR) is 76.7 cm³/mol. The van der Waals surface area contributed by atoms with Crippen LogP contribution in [0.25, 0.3) is 0 Å². The SMILES string of the molecule is COc1ccc(CC(C)(C)C)cc1CCCC(=O)O. The molecule has 0 fully saturated rings. The van der Waals surface area contributed by atoms with Crippen LogP contribution in [0.5, 0.6) is 5.75 Å². The summed E-state index contributed by atoms with van der Waals surface area (Å²) in [4.78, 5) is 10.6. The molecule has 0 radical (unpaired) electrons. The molecule has 0 bridgehead atoms. The highest BCUT2D eigenvalue weighted by Crippen LogP contribution is 2.26. The molecule has 3 nitrogen and oxygen atoms in total. The number of ether oxygens (including phenoxy) is 1. The summed E-state index contributed by atoms with van der Waals surface area (Å²) >= 11 is 0. The summed E-state index contributed by atoms with van der Waals surface area (Å²) in [6.45, 7) is 6.63. The molecule has 0 aromatic heterocycles. The van der Waals surface area contributed by atoms with Crippen molar-refractivity contribution in [3.63, 3.8) is 0 Å². The molecule has 0 saturated carbocycles. The van der Waals surface area contributed by atoms with Gasteiger partial charge in [0.25, 0.3) is 0 Å². The molecule has 1 aromatic carbocycles. The van der Waals surface area contributed by atoms with Crippen molar-refractivity contribution in [2.45, 2.75) is 46.5 Å². The zero-order valence-corrected chi connectivity index (χ0v) is 12.3. The van der Waals surface area contributed by atoms with E-state index in [4.69, 9.17) is 9.84 Å². The Morgan fingerprint density at radius 1 is 1.32 bits per heavy atom. The van der Waals surface area contributed by atoms with Gasteiger partial charge in [-0.2, -0.15) is 0 Å². The zero-order valence-electron chi connectivity index (χ0n) is 12.3. The number of aliphatic carboxylic acids is 1. The van der Waals surface area contributed by atoms with Crippen molar-refractivity contribution in [1.82, 2.24) is 0 Å². The van der Waals surface area contributed by atoms with Crippen molar-refractivity contribution in [3.8, 4) is 5.75 Å². The third kappa shape index (κ3) is 5.77. The smallest absolute Gasteiger partial charge is 0.303 e. The Morgan fingerprint density at radius 3 is 2.53 bits per heavy atom. The van der Waals surface area contributed by atoms with Gasteiger partial charge in [0.1, 0.15) is 5.75 Å². The van der Waals surface area contributed by atoms with Crippen molar-refractivity contribution in [2.24, 2.45) is 5.41 Å². The number of carboxylic acid groups (broad SMARTS) is 1. The van der Waals surface area contributed by atoms with Crippen LogP contribution in [0, 0.1) is 5.41 Å². The van der Waals surface area contributed by atoms with E-state index in [-0.39, 0.29) is 11.8 Å². The number of rotatable bonds is 6. The minimum absolute atomic E-state index is 0.201. The number of methoxy groups -OCH3 is 1. The van der Waals surface area contributed by atoms with E-state index >= 15 is 0 Å². The highest BCUT2D eigenvalue weighted by atomic mass is 16.5. The first-order chi connectivity index (χ1) is 8.81. The van der Waals surface area contributed by atoms with Crippen LogP contribution in [0.4, 0.5) is 0 Å². The van der Waals surface area contributed by atoms with E-state index in [2.05, 4.69) is 32.9 Å². The molecule has 1 rings (SSSR count). The molecule has 0 heterocycles. The zero-order chi connectivity index (χ0) is 14.5. The largest absolute Gasteiger partial charge is 0.496 e. The van der Waals surface area contributed by atoms with Crippen LogP contribution < -0.4 is 4.74 Å². The topological polar surface area (TPSA) is 46.5 Å². The number of benzene rings is 1. The highest BCUT2D eigenvalue weighted by molar-refractivity contribution is 5.66. The van der Waals surface area contributed by atoms with Gasteiger partial charge in [-0.25, -0.2) is 0 Å². The number of aryl methyl sites for hydroxylation is 1. The van der Waals surface area contributed by atoms with E-state index in [1.165, 1.54) is 5.56 Å². The average Bonchev–Trinajstić information content (AvgIpc) is 2.26. The van der Waals surface area contributed by atoms with E-state index in [9.17, 15) is 4.79 Å². The monoisotopic (exact) mass is 264 g/mol. The van der Waals surface area contributed by atoms with E-state index in [0.717, 1.165) is 24.2 Å². The summed E-state index contributed by atoms with van der Waals surface area (Å²) in [6.07, 6.45) is 2.59. The second-order valence-corrected chi connectivity index (χ2v) is 6.13. The Hall–Kier alpha value is -1.51. The Morgan fingerprint density at radius 2 is 2.00 bits per heavy atom.